The van der Waals surface area contributed by atoms with E-state index in [1.807, 2.05) is 0 Å². The molecule has 1 aliphatic heterocycles. The molecular formula is C18H17ClFN3O2. The molecule has 0 atom stereocenters. The Labute approximate surface area is 149 Å². The normalized spacial score (nSPS) is 15.0. The van der Waals surface area contributed by atoms with Crippen molar-refractivity contribution >= 4 is 29.1 Å². The topological polar surface area (TPSA) is 62.3 Å². The minimum absolute atomic E-state index is 0.0327. The quantitative estimate of drug-likeness (QED) is 0.911. The van der Waals surface area contributed by atoms with Gasteiger partial charge in [0.05, 0.1) is 10.6 Å². The van der Waals surface area contributed by atoms with Gasteiger partial charge in [0, 0.05) is 37.1 Å². The van der Waals surface area contributed by atoms with Crippen molar-refractivity contribution in [2.75, 3.05) is 18.4 Å². The van der Waals surface area contributed by atoms with Crippen LogP contribution in [0.25, 0.3) is 0 Å². The van der Waals surface area contributed by atoms with Crippen molar-refractivity contribution in [2.24, 2.45) is 5.92 Å². The molecule has 0 radical (unpaired) electrons. The molecule has 130 valence electrons. The Bertz CT molecular complexity index is 777. The van der Waals surface area contributed by atoms with E-state index in [-0.39, 0.29) is 22.8 Å². The number of halogens is 2. The van der Waals surface area contributed by atoms with Crippen LogP contribution in [0.3, 0.4) is 0 Å². The molecule has 1 aromatic carbocycles. The smallest absolute Gasteiger partial charge is 0.255 e. The molecule has 7 heteroatoms. The lowest BCUT2D eigenvalue weighted by atomic mass is 9.95. The second-order valence-electron chi connectivity index (χ2n) is 5.93. The van der Waals surface area contributed by atoms with Crippen LogP contribution in [0.2, 0.25) is 5.02 Å². The van der Waals surface area contributed by atoms with E-state index in [9.17, 15) is 14.0 Å². The van der Waals surface area contributed by atoms with E-state index >= 15 is 0 Å². The number of benzene rings is 1. The van der Waals surface area contributed by atoms with E-state index in [1.54, 1.807) is 29.4 Å². The third kappa shape index (κ3) is 4.14. The Kier molecular flexibility index (Phi) is 5.28. The number of nitrogens with zero attached hydrogens (tertiary/aromatic N) is 2. The molecule has 1 aromatic heterocycles. The number of carbonyl (C=O) groups is 2. The molecule has 3 rings (SSSR count). The number of piperidine rings is 1. The average molecular weight is 362 g/mol. The maximum absolute atomic E-state index is 13.2. The Morgan fingerprint density at radius 2 is 2.00 bits per heavy atom. The fourth-order valence-electron chi connectivity index (χ4n) is 2.83. The second-order valence-corrected chi connectivity index (χ2v) is 6.33. The fraction of sp³-hybridized carbons (Fsp3) is 0.278. The molecule has 25 heavy (non-hydrogen) atoms. The van der Waals surface area contributed by atoms with Gasteiger partial charge in [0.2, 0.25) is 5.91 Å². The monoisotopic (exact) mass is 361 g/mol. The first-order chi connectivity index (χ1) is 12.0. The van der Waals surface area contributed by atoms with Crippen LogP contribution in [0, 0.1) is 11.7 Å². The zero-order chi connectivity index (χ0) is 17.8. The first-order valence-electron chi connectivity index (χ1n) is 8.00. The summed E-state index contributed by atoms with van der Waals surface area (Å²) in [5.74, 6) is -0.933. The summed E-state index contributed by atoms with van der Waals surface area (Å²) in [7, 11) is 0. The predicted molar refractivity (Wildman–Crippen MR) is 92.9 cm³/mol. The van der Waals surface area contributed by atoms with Crippen molar-refractivity contribution in [3.05, 3.63) is 59.1 Å². The fourth-order valence-corrected chi connectivity index (χ4v) is 3.02. The Morgan fingerprint density at radius 3 is 2.64 bits per heavy atom. The van der Waals surface area contributed by atoms with Crippen LogP contribution in [0.5, 0.6) is 0 Å². The van der Waals surface area contributed by atoms with Gasteiger partial charge < -0.3 is 10.2 Å². The number of likely N-dealkylation sites (tertiary alicyclic amines) is 1. The molecule has 2 heterocycles. The molecule has 0 spiro atoms. The Hall–Kier alpha value is -2.47. The van der Waals surface area contributed by atoms with Crippen molar-refractivity contribution in [3.8, 4) is 0 Å². The number of nitrogens with one attached hydrogen (secondary N) is 1. The number of aromatic nitrogens is 1. The van der Waals surface area contributed by atoms with E-state index in [0.717, 1.165) is 0 Å². The van der Waals surface area contributed by atoms with Crippen molar-refractivity contribution in [1.82, 2.24) is 9.88 Å². The number of rotatable bonds is 3. The summed E-state index contributed by atoms with van der Waals surface area (Å²) < 4.78 is 13.2. The third-order valence-corrected chi connectivity index (χ3v) is 4.54. The van der Waals surface area contributed by atoms with E-state index in [1.165, 1.54) is 18.2 Å². The summed E-state index contributed by atoms with van der Waals surface area (Å²) in [6.07, 6.45) is 4.31. The first-order valence-corrected chi connectivity index (χ1v) is 8.37. The molecule has 1 fully saturated rings. The third-order valence-electron chi connectivity index (χ3n) is 4.25. The van der Waals surface area contributed by atoms with Crippen LogP contribution >= 0.6 is 11.6 Å². The summed E-state index contributed by atoms with van der Waals surface area (Å²) in [6.45, 7) is 1.02. The largest absolute Gasteiger partial charge is 0.339 e. The molecule has 2 aromatic rings. The van der Waals surface area contributed by atoms with E-state index in [0.29, 0.717) is 37.2 Å². The molecule has 1 N–H and O–H groups in total. The van der Waals surface area contributed by atoms with Crippen molar-refractivity contribution in [1.29, 1.82) is 0 Å². The molecule has 1 saturated heterocycles. The Balaban J connectivity index is 1.55. The lowest BCUT2D eigenvalue weighted by Crippen LogP contribution is -2.41. The van der Waals surface area contributed by atoms with Crippen molar-refractivity contribution in [3.63, 3.8) is 0 Å². The zero-order valence-electron chi connectivity index (χ0n) is 13.4. The highest BCUT2D eigenvalue weighted by atomic mass is 35.5. The maximum atomic E-state index is 13.2. The van der Waals surface area contributed by atoms with E-state index in [2.05, 4.69) is 10.3 Å². The van der Waals surface area contributed by atoms with Crippen molar-refractivity contribution < 1.29 is 14.0 Å². The lowest BCUT2D eigenvalue weighted by molar-refractivity contribution is -0.121. The molecular weight excluding hydrogens is 345 g/mol. The number of hydrogen-bond acceptors (Lipinski definition) is 3. The van der Waals surface area contributed by atoms with Gasteiger partial charge in [-0.05, 0) is 43.2 Å². The predicted octanol–water partition coefficient (Wildman–Crippen LogP) is 3.37. The van der Waals surface area contributed by atoms with Gasteiger partial charge in [-0.1, -0.05) is 11.6 Å². The minimum atomic E-state index is -0.526. The minimum Gasteiger partial charge on any atom is -0.339 e. The number of hydrogen-bond donors (Lipinski definition) is 1. The van der Waals surface area contributed by atoms with Gasteiger partial charge in [-0.25, -0.2) is 4.39 Å². The SMILES string of the molecule is O=C(Nc1ccc(F)c(Cl)c1)C1CCN(C(=O)c2cccnc2)CC1. The first kappa shape index (κ1) is 17.4. The van der Waals surface area contributed by atoms with Crippen LogP contribution in [-0.4, -0.2) is 34.8 Å². The summed E-state index contributed by atoms with van der Waals surface area (Å²) in [4.78, 5) is 30.4. The number of anilines is 1. The van der Waals surface area contributed by atoms with E-state index < -0.39 is 5.82 Å². The van der Waals surface area contributed by atoms with Crippen LogP contribution in [-0.2, 0) is 4.79 Å². The van der Waals surface area contributed by atoms with Gasteiger partial charge in [-0.3, -0.25) is 14.6 Å². The van der Waals surface area contributed by atoms with Gasteiger partial charge in [-0.15, -0.1) is 0 Å². The van der Waals surface area contributed by atoms with Crippen LogP contribution < -0.4 is 5.32 Å². The highest BCUT2D eigenvalue weighted by molar-refractivity contribution is 6.31. The summed E-state index contributed by atoms with van der Waals surface area (Å²) in [5, 5.41) is 2.72. The maximum Gasteiger partial charge on any atom is 0.255 e. The summed E-state index contributed by atoms with van der Waals surface area (Å²) in [5.41, 5.74) is 1.01. The zero-order valence-corrected chi connectivity index (χ0v) is 14.2. The van der Waals surface area contributed by atoms with Crippen molar-refractivity contribution in [2.45, 2.75) is 12.8 Å². The van der Waals surface area contributed by atoms with Gasteiger partial charge in [0.25, 0.3) is 5.91 Å². The number of pyridine rings is 1. The standard InChI is InChI=1S/C18H17ClFN3O2/c19-15-10-14(3-4-16(15)20)22-17(24)12-5-8-23(9-6-12)18(25)13-2-1-7-21-11-13/h1-4,7,10-12H,5-6,8-9H2,(H,22,24). The van der Waals surface area contributed by atoms with Crippen LogP contribution in [0.1, 0.15) is 23.2 Å². The van der Waals surface area contributed by atoms with Gasteiger partial charge in [0.1, 0.15) is 5.82 Å². The lowest BCUT2D eigenvalue weighted by Gasteiger charge is -2.31. The molecule has 0 unspecified atom stereocenters. The average Bonchev–Trinajstić information content (AvgIpc) is 2.65. The molecule has 0 bridgehead atoms. The van der Waals surface area contributed by atoms with Gasteiger partial charge >= 0.3 is 0 Å². The molecule has 1 aliphatic rings. The van der Waals surface area contributed by atoms with Gasteiger partial charge in [-0.2, -0.15) is 0 Å². The van der Waals surface area contributed by atoms with Crippen LogP contribution in [0.4, 0.5) is 10.1 Å². The number of amides is 2. The van der Waals surface area contributed by atoms with Gasteiger partial charge in [0.15, 0.2) is 0 Å². The van der Waals surface area contributed by atoms with Crippen LogP contribution in [0.15, 0.2) is 42.7 Å². The summed E-state index contributed by atoms with van der Waals surface area (Å²) in [6, 6.07) is 7.52. The molecule has 0 aliphatic carbocycles. The molecule has 5 nitrogen and oxygen atoms in total. The second kappa shape index (κ2) is 7.61. The Morgan fingerprint density at radius 1 is 1.24 bits per heavy atom. The summed E-state index contributed by atoms with van der Waals surface area (Å²) >= 11 is 5.72. The molecule has 0 saturated carbocycles. The number of carbonyl (C=O) groups excluding carboxylic acids is 2. The molecule has 2 amide bonds. The highest BCUT2D eigenvalue weighted by Crippen LogP contribution is 2.23. The van der Waals surface area contributed by atoms with E-state index in [4.69, 9.17) is 11.6 Å². The highest BCUT2D eigenvalue weighted by Gasteiger charge is 2.28.